The van der Waals surface area contributed by atoms with Gasteiger partial charge in [0.2, 0.25) is 0 Å². The molecule has 1 heterocycles. The van der Waals surface area contributed by atoms with Crippen molar-refractivity contribution < 1.29 is 4.74 Å². The van der Waals surface area contributed by atoms with Crippen LogP contribution in [0.1, 0.15) is 24.9 Å². The lowest BCUT2D eigenvalue weighted by molar-refractivity contribution is 0.402. The van der Waals surface area contributed by atoms with Gasteiger partial charge in [0.05, 0.1) is 12.1 Å². The molecule has 1 N–H and O–H groups in total. The van der Waals surface area contributed by atoms with Gasteiger partial charge in [-0.15, -0.1) is 11.8 Å². The standard InChI is InChI=1S/C16H21N3OS/c1-3-9-18-14(11-21-16-8-10-17-12-19-16)13-6-4-5-7-15(13)20-2/h4-8,10,12,14,18H,3,9,11H2,1-2H3. The van der Waals surface area contributed by atoms with Gasteiger partial charge in [0.25, 0.3) is 0 Å². The molecule has 21 heavy (non-hydrogen) atoms. The fourth-order valence-electron chi connectivity index (χ4n) is 2.06. The Morgan fingerprint density at radius 2 is 2.14 bits per heavy atom. The molecule has 2 aromatic rings. The molecule has 0 saturated heterocycles. The van der Waals surface area contributed by atoms with Crippen LogP contribution in [-0.2, 0) is 0 Å². The molecule has 0 fully saturated rings. The van der Waals surface area contributed by atoms with E-state index in [0.29, 0.717) is 0 Å². The van der Waals surface area contributed by atoms with E-state index in [2.05, 4.69) is 28.3 Å². The Kier molecular flexibility index (Phi) is 6.50. The fraction of sp³-hybridized carbons (Fsp3) is 0.375. The summed E-state index contributed by atoms with van der Waals surface area (Å²) in [6.45, 7) is 3.15. The van der Waals surface area contributed by atoms with Gasteiger partial charge in [-0.3, -0.25) is 0 Å². The van der Waals surface area contributed by atoms with Crippen LogP contribution in [0.3, 0.4) is 0 Å². The fourth-order valence-corrected chi connectivity index (χ4v) is 2.98. The molecule has 0 saturated carbocycles. The maximum Gasteiger partial charge on any atom is 0.123 e. The number of nitrogens with one attached hydrogen (secondary N) is 1. The second-order valence-corrected chi connectivity index (χ2v) is 5.65. The highest BCUT2D eigenvalue weighted by Crippen LogP contribution is 2.29. The second-order valence-electron chi connectivity index (χ2n) is 4.61. The van der Waals surface area contributed by atoms with E-state index in [1.807, 2.05) is 24.3 Å². The van der Waals surface area contributed by atoms with Crippen molar-refractivity contribution in [1.82, 2.24) is 15.3 Å². The molecular weight excluding hydrogens is 282 g/mol. The van der Waals surface area contributed by atoms with Crippen molar-refractivity contribution in [2.24, 2.45) is 0 Å². The normalized spacial score (nSPS) is 12.1. The van der Waals surface area contributed by atoms with Crippen molar-refractivity contribution in [2.45, 2.75) is 24.4 Å². The first kappa shape index (κ1) is 15.8. The van der Waals surface area contributed by atoms with Crippen molar-refractivity contribution in [1.29, 1.82) is 0 Å². The molecule has 5 heteroatoms. The van der Waals surface area contributed by atoms with Crippen LogP contribution < -0.4 is 10.1 Å². The van der Waals surface area contributed by atoms with Crippen LogP contribution in [0.25, 0.3) is 0 Å². The van der Waals surface area contributed by atoms with Crippen molar-refractivity contribution in [3.05, 3.63) is 48.4 Å². The zero-order chi connectivity index (χ0) is 14.9. The Hall–Kier alpha value is -1.59. The van der Waals surface area contributed by atoms with Crippen LogP contribution in [0, 0.1) is 0 Å². The van der Waals surface area contributed by atoms with Crippen LogP contribution >= 0.6 is 11.8 Å². The highest BCUT2D eigenvalue weighted by molar-refractivity contribution is 7.99. The SMILES string of the molecule is CCCNC(CSc1ccncn1)c1ccccc1OC. The van der Waals surface area contributed by atoms with E-state index in [1.165, 1.54) is 5.56 Å². The Morgan fingerprint density at radius 1 is 1.29 bits per heavy atom. The van der Waals surface area contributed by atoms with Gasteiger partial charge in [0, 0.05) is 23.6 Å². The molecule has 1 aromatic heterocycles. The minimum absolute atomic E-state index is 0.237. The predicted molar refractivity (Wildman–Crippen MR) is 86.8 cm³/mol. The third kappa shape index (κ3) is 4.72. The summed E-state index contributed by atoms with van der Waals surface area (Å²) < 4.78 is 5.48. The number of ether oxygens (including phenoxy) is 1. The first-order chi connectivity index (χ1) is 10.3. The van der Waals surface area contributed by atoms with Crippen LogP contribution in [0.2, 0.25) is 0 Å². The van der Waals surface area contributed by atoms with E-state index in [-0.39, 0.29) is 6.04 Å². The number of thioether (sulfide) groups is 1. The van der Waals surface area contributed by atoms with Crippen LogP contribution in [-0.4, -0.2) is 29.4 Å². The van der Waals surface area contributed by atoms with E-state index in [0.717, 1.165) is 29.5 Å². The minimum Gasteiger partial charge on any atom is -0.496 e. The number of hydrogen-bond donors (Lipinski definition) is 1. The molecule has 1 atom stereocenters. The third-order valence-corrected chi connectivity index (χ3v) is 4.15. The Balaban J connectivity index is 2.10. The van der Waals surface area contributed by atoms with Gasteiger partial charge in [-0.05, 0) is 25.1 Å². The molecule has 0 aliphatic rings. The van der Waals surface area contributed by atoms with Crippen LogP contribution in [0.5, 0.6) is 5.75 Å². The van der Waals surface area contributed by atoms with E-state index in [4.69, 9.17) is 4.74 Å². The summed E-state index contributed by atoms with van der Waals surface area (Å²) in [5.74, 6) is 1.83. The summed E-state index contributed by atoms with van der Waals surface area (Å²) >= 11 is 1.72. The lowest BCUT2D eigenvalue weighted by Crippen LogP contribution is -2.24. The number of nitrogens with zero attached hydrogens (tertiary/aromatic N) is 2. The molecule has 0 amide bonds. The average Bonchev–Trinajstić information content (AvgIpc) is 2.56. The van der Waals surface area contributed by atoms with E-state index in [1.54, 1.807) is 31.4 Å². The number of rotatable bonds is 8. The van der Waals surface area contributed by atoms with Gasteiger partial charge in [-0.2, -0.15) is 0 Å². The lowest BCUT2D eigenvalue weighted by atomic mass is 10.1. The van der Waals surface area contributed by atoms with E-state index < -0.39 is 0 Å². The molecular formula is C16H21N3OS. The summed E-state index contributed by atoms with van der Waals surface area (Å²) in [7, 11) is 1.72. The molecule has 0 aliphatic heterocycles. The molecule has 4 nitrogen and oxygen atoms in total. The highest BCUT2D eigenvalue weighted by Gasteiger charge is 2.15. The third-order valence-electron chi connectivity index (χ3n) is 3.11. The Bertz CT molecular complexity index is 536. The van der Waals surface area contributed by atoms with E-state index in [9.17, 15) is 0 Å². The lowest BCUT2D eigenvalue weighted by Gasteiger charge is -2.20. The summed E-state index contributed by atoms with van der Waals surface area (Å²) in [4.78, 5) is 8.21. The van der Waals surface area contributed by atoms with Gasteiger partial charge in [-0.1, -0.05) is 25.1 Å². The van der Waals surface area contributed by atoms with E-state index >= 15 is 0 Å². The second kappa shape index (κ2) is 8.64. The summed E-state index contributed by atoms with van der Waals surface area (Å²) in [6, 6.07) is 10.3. The van der Waals surface area contributed by atoms with Gasteiger partial charge in [0.15, 0.2) is 0 Å². The largest absolute Gasteiger partial charge is 0.496 e. The number of benzene rings is 1. The van der Waals surface area contributed by atoms with Gasteiger partial charge < -0.3 is 10.1 Å². The van der Waals surface area contributed by atoms with Gasteiger partial charge in [0.1, 0.15) is 12.1 Å². The summed E-state index contributed by atoms with van der Waals surface area (Å²) in [5.41, 5.74) is 1.19. The first-order valence-corrected chi connectivity index (χ1v) is 8.08. The highest BCUT2D eigenvalue weighted by atomic mass is 32.2. The van der Waals surface area contributed by atoms with Crippen molar-refractivity contribution in [3.63, 3.8) is 0 Å². The number of para-hydroxylation sites is 1. The molecule has 1 aromatic carbocycles. The minimum atomic E-state index is 0.237. The first-order valence-electron chi connectivity index (χ1n) is 7.10. The van der Waals surface area contributed by atoms with Gasteiger partial charge >= 0.3 is 0 Å². The van der Waals surface area contributed by atoms with Crippen molar-refractivity contribution in [3.8, 4) is 5.75 Å². The van der Waals surface area contributed by atoms with Crippen LogP contribution in [0.4, 0.5) is 0 Å². The quantitative estimate of drug-likeness (QED) is 0.599. The monoisotopic (exact) mass is 303 g/mol. The molecule has 112 valence electrons. The smallest absolute Gasteiger partial charge is 0.123 e. The zero-order valence-electron chi connectivity index (χ0n) is 12.5. The zero-order valence-corrected chi connectivity index (χ0v) is 13.3. The Morgan fingerprint density at radius 3 is 2.86 bits per heavy atom. The maximum atomic E-state index is 5.48. The molecule has 0 aliphatic carbocycles. The average molecular weight is 303 g/mol. The molecule has 0 spiro atoms. The number of methoxy groups -OCH3 is 1. The predicted octanol–water partition coefficient (Wildman–Crippen LogP) is 3.32. The van der Waals surface area contributed by atoms with Gasteiger partial charge in [-0.25, -0.2) is 9.97 Å². The maximum absolute atomic E-state index is 5.48. The summed E-state index contributed by atoms with van der Waals surface area (Å²) in [5, 5.41) is 4.58. The summed E-state index contributed by atoms with van der Waals surface area (Å²) in [6.07, 6.45) is 4.46. The number of aromatic nitrogens is 2. The molecule has 0 radical (unpaired) electrons. The molecule has 0 bridgehead atoms. The molecule has 2 rings (SSSR count). The van der Waals surface area contributed by atoms with Crippen LogP contribution in [0.15, 0.2) is 47.9 Å². The van der Waals surface area contributed by atoms with Crippen molar-refractivity contribution >= 4 is 11.8 Å². The van der Waals surface area contributed by atoms with Crippen molar-refractivity contribution in [2.75, 3.05) is 19.4 Å². The Labute approximate surface area is 130 Å². The topological polar surface area (TPSA) is 47.0 Å². The molecule has 1 unspecified atom stereocenters. The number of hydrogen-bond acceptors (Lipinski definition) is 5.